The molecule has 106 valence electrons. The number of carbonyl (C=O) groups excluding carboxylic acids is 2. The monoisotopic (exact) mass is 274 g/mol. The normalized spacial score (nSPS) is 32.1. The summed E-state index contributed by atoms with van der Waals surface area (Å²) in [5.74, 6) is 0.0901. The molecule has 5 nitrogen and oxygen atoms in total. The largest absolute Gasteiger partial charge is 0.508 e. The molecule has 2 N–H and O–H groups in total. The van der Waals surface area contributed by atoms with Gasteiger partial charge < -0.3 is 15.3 Å². The van der Waals surface area contributed by atoms with Crippen molar-refractivity contribution in [2.75, 3.05) is 0 Å². The Hall–Kier alpha value is -2.04. The summed E-state index contributed by atoms with van der Waals surface area (Å²) in [6.07, 6.45) is 0.816. The average Bonchev–Trinajstić information content (AvgIpc) is 2.78. The van der Waals surface area contributed by atoms with E-state index < -0.39 is 0 Å². The Bertz CT molecular complexity index is 586. The number of phenols is 1. The summed E-state index contributed by atoms with van der Waals surface area (Å²) in [6.45, 7) is 3.52. The van der Waals surface area contributed by atoms with Crippen molar-refractivity contribution in [2.45, 2.75) is 38.9 Å². The van der Waals surface area contributed by atoms with Crippen LogP contribution in [0.2, 0.25) is 0 Å². The molecule has 0 radical (unpaired) electrons. The fraction of sp³-hybridized carbons (Fsp3) is 0.467. The van der Waals surface area contributed by atoms with Gasteiger partial charge in [0.05, 0.1) is 6.04 Å². The maximum atomic E-state index is 12.0. The number of amides is 2. The van der Waals surface area contributed by atoms with Crippen molar-refractivity contribution in [3.8, 4) is 5.75 Å². The van der Waals surface area contributed by atoms with E-state index in [0.717, 1.165) is 5.56 Å². The molecule has 1 aromatic rings. The molecule has 0 aromatic heterocycles. The second-order valence-corrected chi connectivity index (χ2v) is 6.01. The van der Waals surface area contributed by atoms with Gasteiger partial charge in [0.2, 0.25) is 11.8 Å². The van der Waals surface area contributed by atoms with Gasteiger partial charge in [-0.1, -0.05) is 25.1 Å². The molecule has 0 spiro atoms. The Balaban J connectivity index is 2.03. The molecule has 2 fully saturated rings. The molecule has 2 amide bonds. The van der Waals surface area contributed by atoms with E-state index in [1.54, 1.807) is 17.0 Å². The van der Waals surface area contributed by atoms with Crippen LogP contribution < -0.4 is 5.32 Å². The minimum absolute atomic E-state index is 0.0144. The SMILES string of the molecule is CC(=O)N1[C@H]2NC(=O)C[C@@]2(C)C[C@H]1c1ccccc1O. The zero-order chi connectivity index (χ0) is 14.5. The number of para-hydroxylation sites is 1. The topological polar surface area (TPSA) is 69.6 Å². The van der Waals surface area contributed by atoms with Crippen molar-refractivity contribution >= 4 is 11.8 Å². The summed E-state index contributed by atoms with van der Waals surface area (Å²) in [5.41, 5.74) is 0.475. The lowest BCUT2D eigenvalue weighted by molar-refractivity contribution is -0.133. The van der Waals surface area contributed by atoms with E-state index in [1.807, 2.05) is 19.1 Å². The highest BCUT2D eigenvalue weighted by Crippen LogP contribution is 2.52. The molecular weight excluding hydrogens is 256 g/mol. The Morgan fingerprint density at radius 2 is 2.15 bits per heavy atom. The van der Waals surface area contributed by atoms with E-state index >= 15 is 0 Å². The number of carbonyl (C=O) groups is 2. The van der Waals surface area contributed by atoms with E-state index in [-0.39, 0.29) is 35.2 Å². The molecule has 2 aliphatic heterocycles. The lowest BCUT2D eigenvalue weighted by atomic mass is 9.83. The van der Waals surface area contributed by atoms with Gasteiger partial charge in [0.15, 0.2) is 0 Å². The van der Waals surface area contributed by atoms with Gasteiger partial charge in [0, 0.05) is 24.3 Å². The predicted molar refractivity (Wildman–Crippen MR) is 72.6 cm³/mol. The Morgan fingerprint density at radius 3 is 2.80 bits per heavy atom. The lowest BCUT2D eigenvalue weighted by Gasteiger charge is -2.30. The molecule has 20 heavy (non-hydrogen) atoms. The number of nitrogens with one attached hydrogen (secondary N) is 1. The molecule has 3 atom stereocenters. The Kier molecular flexibility index (Phi) is 2.74. The van der Waals surface area contributed by atoms with Crippen LogP contribution in [-0.4, -0.2) is 28.0 Å². The van der Waals surface area contributed by atoms with Crippen molar-refractivity contribution in [2.24, 2.45) is 5.41 Å². The molecule has 0 unspecified atom stereocenters. The van der Waals surface area contributed by atoms with Crippen LogP contribution >= 0.6 is 0 Å². The van der Waals surface area contributed by atoms with Crippen molar-refractivity contribution in [3.05, 3.63) is 29.8 Å². The van der Waals surface area contributed by atoms with Crippen molar-refractivity contribution < 1.29 is 14.7 Å². The summed E-state index contributed by atoms with van der Waals surface area (Å²) >= 11 is 0. The van der Waals surface area contributed by atoms with Gasteiger partial charge in [-0.05, 0) is 12.5 Å². The summed E-state index contributed by atoms with van der Waals surface area (Å²) < 4.78 is 0. The van der Waals surface area contributed by atoms with E-state index in [4.69, 9.17) is 0 Å². The fourth-order valence-corrected chi connectivity index (χ4v) is 3.58. The van der Waals surface area contributed by atoms with Crippen LogP contribution in [0.4, 0.5) is 0 Å². The number of hydrogen-bond donors (Lipinski definition) is 2. The number of benzene rings is 1. The first-order chi connectivity index (χ1) is 9.42. The number of phenolic OH excluding ortho intramolecular Hbond substituents is 1. The highest BCUT2D eigenvalue weighted by Gasteiger charge is 2.56. The zero-order valence-electron chi connectivity index (χ0n) is 11.6. The van der Waals surface area contributed by atoms with E-state index in [0.29, 0.717) is 12.8 Å². The number of aromatic hydroxyl groups is 1. The van der Waals surface area contributed by atoms with Crippen LogP contribution in [0.25, 0.3) is 0 Å². The molecule has 0 saturated carbocycles. The third-order valence-corrected chi connectivity index (χ3v) is 4.46. The maximum Gasteiger partial charge on any atom is 0.222 e. The fourth-order valence-electron chi connectivity index (χ4n) is 3.58. The summed E-state index contributed by atoms with van der Waals surface area (Å²) in [6, 6.07) is 6.88. The first-order valence-electron chi connectivity index (χ1n) is 6.78. The number of nitrogens with zero attached hydrogens (tertiary/aromatic N) is 1. The van der Waals surface area contributed by atoms with Crippen molar-refractivity contribution in [3.63, 3.8) is 0 Å². The quantitative estimate of drug-likeness (QED) is 0.816. The predicted octanol–water partition coefficient (Wildman–Crippen LogP) is 1.54. The van der Waals surface area contributed by atoms with Gasteiger partial charge in [-0.25, -0.2) is 0 Å². The van der Waals surface area contributed by atoms with Gasteiger partial charge >= 0.3 is 0 Å². The van der Waals surface area contributed by atoms with E-state index in [9.17, 15) is 14.7 Å². The van der Waals surface area contributed by atoms with Gasteiger partial charge in [0.1, 0.15) is 11.9 Å². The van der Waals surface area contributed by atoms with E-state index in [1.165, 1.54) is 6.92 Å². The molecule has 5 heteroatoms. The van der Waals surface area contributed by atoms with Crippen LogP contribution in [0.1, 0.15) is 38.3 Å². The second-order valence-electron chi connectivity index (χ2n) is 6.01. The van der Waals surface area contributed by atoms with Crippen LogP contribution in [0.3, 0.4) is 0 Å². The number of rotatable bonds is 1. The highest BCUT2D eigenvalue weighted by molar-refractivity contribution is 5.83. The third kappa shape index (κ3) is 1.77. The first kappa shape index (κ1) is 13.0. The van der Waals surface area contributed by atoms with Crippen molar-refractivity contribution in [1.82, 2.24) is 10.2 Å². The third-order valence-electron chi connectivity index (χ3n) is 4.46. The minimum atomic E-state index is -0.280. The van der Waals surface area contributed by atoms with Crippen LogP contribution in [0, 0.1) is 5.41 Å². The molecule has 2 aliphatic rings. The van der Waals surface area contributed by atoms with Crippen LogP contribution in [0.15, 0.2) is 24.3 Å². The van der Waals surface area contributed by atoms with E-state index in [2.05, 4.69) is 5.32 Å². The molecule has 2 saturated heterocycles. The molecule has 3 rings (SSSR count). The maximum absolute atomic E-state index is 12.0. The average molecular weight is 274 g/mol. The Morgan fingerprint density at radius 1 is 1.45 bits per heavy atom. The molecule has 1 aromatic carbocycles. The highest BCUT2D eigenvalue weighted by atomic mass is 16.3. The first-order valence-corrected chi connectivity index (χ1v) is 6.78. The van der Waals surface area contributed by atoms with Gasteiger partial charge in [-0.15, -0.1) is 0 Å². The Labute approximate surface area is 117 Å². The number of hydrogen-bond acceptors (Lipinski definition) is 3. The number of likely N-dealkylation sites (tertiary alicyclic amines) is 1. The van der Waals surface area contributed by atoms with Crippen molar-refractivity contribution in [1.29, 1.82) is 0 Å². The summed E-state index contributed by atoms with van der Waals surface area (Å²) in [5, 5.41) is 12.9. The molecular formula is C15H18N2O3. The second kappa shape index (κ2) is 4.23. The van der Waals surface area contributed by atoms with Gasteiger partial charge in [-0.3, -0.25) is 9.59 Å². The molecule has 2 heterocycles. The zero-order valence-corrected chi connectivity index (χ0v) is 11.6. The number of fused-ring (bicyclic) bond motifs is 1. The minimum Gasteiger partial charge on any atom is -0.508 e. The van der Waals surface area contributed by atoms with Crippen LogP contribution in [-0.2, 0) is 9.59 Å². The smallest absolute Gasteiger partial charge is 0.222 e. The molecule has 0 aliphatic carbocycles. The summed E-state index contributed by atoms with van der Waals surface area (Å²) in [4.78, 5) is 25.4. The van der Waals surface area contributed by atoms with Gasteiger partial charge in [-0.2, -0.15) is 0 Å². The lowest BCUT2D eigenvalue weighted by Crippen LogP contribution is -2.46. The van der Waals surface area contributed by atoms with Gasteiger partial charge in [0.25, 0.3) is 0 Å². The molecule has 0 bridgehead atoms. The standard InChI is InChI=1S/C15H18N2O3/c1-9(18)17-11(10-5-3-4-6-12(10)19)7-15(2)8-13(20)16-14(15)17/h3-6,11,14,19H,7-8H2,1-2H3,(H,16,20)/t11-,14+,15+/m0/s1. The van der Waals surface area contributed by atoms with Crippen LogP contribution in [0.5, 0.6) is 5.75 Å². The summed E-state index contributed by atoms with van der Waals surface area (Å²) in [7, 11) is 0.